The first kappa shape index (κ1) is 24.4. The number of amides is 3. The van der Waals surface area contributed by atoms with Crippen molar-refractivity contribution in [1.82, 2.24) is 19.7 Å². The molecule has 0 saturated heterocycles. The summed E-state index contributed by atoms with van der Waals surface area (Å²) in [6, 6.07) is 15.4. The third-order valence-corrected chi connectivity index (χ3v) is 6.67. The van der Waals surface area contributed by atoms with Crippen molar-refractivity contribution >= 4 is 34.4 Å². The predicted molar refractivity (Wildman–Crippen MR) is 142 cm³/mol. The second-order valence-electron chi connectivity index (χ2n) is 10.0. The molecule has 0 fully saturated rings. The van der Waals surface area contributed by atoms with Gasteiger partial charge in [0.1, 0.15) is 11.9 Å². The van der Waals surface area contributed by atoms with E-state index in [9.17, 15) is 14.4 Å². The maximum Gasteiger partial charge on any atom is 0.262 e. The first-order valence-electron chi connectivity index (χ1n) is 12.4. The van der Waals surface area contributed by atoms with Gasteiger partial charge in [-0.3, -0.25) is 19.3 Å². The third kappa shape index (κ3) is 4.28. The molecular weight excluding hydrogens is 466 g/mol. The molecular formula is C29H29N5O3. The number of nitrogens with zero attached hydrogens (tertiary/aromatic N) is 4. The van der Waals surface area contributed by atoms with E-state index >= 15 is 0 Å². The Morgan fingerprint density at radius 2 is 1.59 bits per heavy atom. The largest absolute Gasteiger partial charge is 0.309 e. The van der Waals surface area contributed by atoms with Crippen LogP contribution in [0.1, 0.15) is 57.8 Å². The smallest absolute Gasteiger partial charge is 0.262 e. The summed E-state index contributed by atoms with van der Waals surface area (Å²) < 4.78 is 1.60. The highest BCUT2D eigenvalue weighted by Crippen LogP contribution is 2.29. The molecule has 0 saturated carbocycles. The Labute approximate surface area is 215 Å². The predicted octanol–water partition coefficient (Wildman–Crippen LogP) is 5.00. The zero-order valence-electron chi connectivity index (χ0n) is 21.6. The van der Waals surface area contributed by atoms with Crippen molar-refractivity contribution in [3.05, 3.63) is 82.5 Å². The molecule has 3 amide bonds. The van der Waals surface area contributed by atoms with Gasteiger partial charge in [0.05, 0.1) is 22.3 Å². The molecule has 1 unspecified atom stereocenters. The summed E-state index contributed by atoms with van der Waals surface area (Å²) in [6.45, 7) is 9.77. The molecule has 3 heterocycles. The normalized spacial score (nSPS) is 13.9. The van der Waals surface area contributed by atoms with Gasteiger partial charge in [-0.2, -0.15) is 9.78 Å². The van der Waals surface area contributed by atoms with E-state index in [1.54, 1.807) is 35.0 Å². The van der Waals surface area contributed by atoms with Crippen LogP contribution >= 0.6 is 0 Å². The molecule has 1 atom stereocenters. The number of carbonyl (C=O) groups excluding carboxylic acids is 3. The molecule has 0 aliphatic carbocycles. The highest BCUT2D eigenvalue weighted by molar-refractivity contribution is 6.23. The van der Waals surface area contributed by atoms with E-state index in [0.717, 1.165) is 26.9 Å². The topological polar surface area (TPSA) is 97.2 Å². The SMILES string of the molecule is Cc1cc(NC(=O)C(CC(C)C)N2C(=O)c3ccccc3C2=O)n(-c2cc(C)c3cccc(C)c3n2)n1. The standard InChI is InChI=1S/C29H29N5O3/c1-16(2)13-23(33-28(36)21-10-6-7-11-22(21)29(33)37)27(35)31-25-15-19(5)32-34(25)24-14-18(4)20-12-8-9-17(3)26(20)30-24/h6-12,14-16,23H,13H2,1-5H3,(H,31,35). The summed E-state index contributed by atoms with van der Waals surface area (Å²) in [5.41, 5.74) is 4.28. The maximum absolute atomic E-state index is 13.7. The number of aryl methyl sites for hydroxylation is 3. The second kappa shape index (κ2) is 9.28. The Morgan fingerprint density at radius 1 is 0.919 bits per heavy atom. The van der Waals surface area contributed by atoms with Crippen molar-refractivity contribution in [2.45, 2.75) is 47.1 Å². The number of pyridine rings is 1. The number of carbonyl (C=O) groups is 3. The number of benzene rings is 2. The average Bonchev–Trinajstić information content (AvgIpc) is 3.34. The molecule has 4 aromatic rings. The van der Waals surface area contributed by atoms with Gasteiger partial charge >= 0.3 is 0 Å². The minimum Gasteiger partial charge on any atom is -0.309 e. The van der Waals surface area contributed by atoms with Gasteiger partial charge in [-0.15, -0.1) is 0 Å². The number of hydrogen-bond acceptors (Lipinski definition) is 5. The Hall–Kier alpha value is -4.33. The van der Waals surface area contributed by atoms with E-state index in [0.29, 0.717) is 34.9 Å². The maximum atomic E-state index is 13.7. The van der Waals surface area contributed by atoms with Crippen molar-refractivity contribution in [1.29, 1.82) is 0 Å². The molecule has 1 aliphatic rings. The van der Waals surface area contributed by atoms with Crippen LogP contribution in [-0.2, 0) is 4.79 Å². The lowest BCUT2D eigenvalue weighted by molar-refractivity contribution is -0.120. The van der Waals surface area contributed by atoms with E-state index in [1.807, 2.05) is 58.9 Å². The number of fused-ring (bicyclic) bond motifs is 2. The molecule has 5 rings (SSSR count). The van der Waals surface area contributed by atoms with Crippen molar-refractivity contribution < 1.29 is 14.4 Å². The molecule has 37 heavy (non-hydrogen) atoms. The number of hydrogen-bond donors (Lipinski definition) is 1. The molecule has 0 spiro atoms. The molecule has 2 aromatic heterocycles. The number of para-hydroxylation sites is 1. The number of anilines is 1. The van der Waals surface area contributed by atoms with Crippen LogP contribution in [0.3, 0.4) is 0 Å². The van der Waals surface area contributed by atoms with E-state index in [4.69, 9.17) is 4.98 Å². The Bertz CT molecular complexity index is 1530. The summed E-state index contributed by atoms with van der Waals surface area (Å²) in [5.74, 6) is -0.282. The lowest BCUT2D eigenvalue weighted by atomic mass is 10.0. The fraction of sp³-hybridized carbons (Fsp3) is 0.276. The number of nitrogens with one attached hydrogen (secondary N) is 1. The number of aromatic nitrogens is 3. The quantitative estimate of drug-likeness (QED) is 0.380. The molecule has 0 bridgehead atoms. The molecule has 0 radical (unpaired) electrons. The van der Waals surface area contributed by atoms with Crippen LogP contribution < -0.4 is 5.32 Å². The van der Waals surface area contributed by atoms with Crippen molar-refractivity contribution in [3.8, 4) is 5.82 Å². The Morgan fingerprint density at radius 3 is 2.24 bits per heavy atom. The van der Waals surface area contributed by atoms with Crippen LogP contribution in [-0.4, -0.2) is 43.4 Å². The summed E-state index contributed by atoms with van der Waals surface area (Å²) in [7, 11) is 0. The fourth-order valence-corrected chi connectivity index (χ4v) is 4.89. The highest BCUT2D eigenvalue weighted by atomic mass is 16.2. The molecule has 188 valence electrons. The van der Waals surface area contributed by atoms with Crippen LogP contribution in [0.15, 0.2) is 54.6 Å². The van der Waals surface area contributed by atoms with Crippen LogP contribution in [0, 0.1) is 26.7 Å². The monoisotopic (exact) mass is 495 g/mol. The zero-order chi connectivity index (χ0) is 26.4. The van der Waals surface area contributed by atoms with Crippen LogP contribution in [0.2, 0.25) is 0 Å². The minimum absolute atomic E-state index is 0.0690. The Balaban J connectivity index is 1.51. The summed E-state index contributed by atoms with van der Waals surface area (Å²) in [4.78, 5) is 46.0. The average molecular weight is 496 g/mol. The second-order valence-corrected chi connectivity index (χ2v) is 10.0. The first-order valence-corrected chi connectivity index (χ1v) is 12.4. The third-order valence-electron chi connectivity index (χ3n) is 6.67. The van der Waals surface area contributed by atoms with Gasteiger partial charge in [0.25, 0.3) is 11.8 Å². The summed E-state index contributed by atoms with van der Waals surface area (Å²) in [6.07, 6.45) is 0.330. The van der Waals surface area contributed by atoms with Crippen molar-refractivity contribution in [2.24, 2.45) is 5.92 Å². The van der Waals surface area contributed by atoms with Gasteiger partial charge in [0.2, 0.25) is 5.91 Å². The lowest BCUT2D eigenvalue weighted by Gasteiger charge is -2.26. The molecule has 1 N–H and O–H groups in total. The van der Waals surface area contributed by atoms with Crippen LogP contribution in [0.25, 0.3) is 16.7 Å². The van der Waals surface area contributed by atoms with Crippen LogP contribution in [0.5, 0.6) is 0 Å². The van der Waals surface area contributed by atoms with E-state index in [2.05, 4.69) is 10.4 Å². The Kier molecular flexibility index (Phi) is 6.11. The molecule has 8 heteroatoms. The van der Waals surface area contributed by atoms with E-state index < -0.39 is 23.8 Å². The molecule has 8 nitrogen and oxygen atoms in total. The highest BCUT2D eigenvalue weighted by Gasteiger charge is 2.43. The number of imide groups is 1. The summed E-state index contributed by atoms with van der Waals surface area (Å²) >= 11 is 0. The van der Waals surface area contributed by atoms with Gasteiger partial charge in [-0.1, -0.05) is 44.2 Å². The van der Waals surface area contributed by atoms with Crippen molar-refractivity contribution in [3.63, 3.8) is 0 Å². The van der Waals surface area contributed by atoms with Crippen molar-refractivity contribution in [2.75, 3.05) is 5.32 Å². The first-order chi connectivity index (χ1) is 17.7. The number of rotatable bonds is 6. The van der Waals surface area contributed by atoms with Crippen LogP contribution in [0.4, 0.5) is 5.82 Å². The molecule has 1 aliphatic heterocycles. The summed E-state index contributed by atoms with van der Waals surface area (Å²) in [5, 5.41) is 8.58. The van der Waals surface area contributed by atoms with Gasteiger partial charge < -0.3 is 5.32 Å². The minimum atomic E-state index is -0.968. The van der Waals surface area contributed by atoms with E-state index in [1.165, 1.54) is 0 Å². The van der Waals surface area contributed by atoms with Gasteiger partial charge in [-0.25, -0.2) is 4.98 Å². The van der Waals surface area contributed by atoms with Gasteiger partial charge in [0.15, 0.2) is 5.82 Å². The fourth-order valence-electron chi connectivity index (χ4n) is 4.89. The van der Waals surface area contributed by atoms with Gasteiger partial charge in [-0.05, 0) is 62.4 Å². The zero-order valence-corrected chi connectivity index (χ0v) is 21.6. The molecule has 2 aromatic carbocycles. The van der Waals surface area contributed by atoms with E-state index in [-0.39, 0.29) is 5.92 Å². The lowest BCUT2D eigenvalue weighted by Crippen LogP contribution is -2.48. The van der Waals surface area contributed by atoms with Gasteiger partial charge in [0, 0.05) is 11.5 Å².